The second-order valence-electron chi connectivity index (χ2n) is 7.55. The van der Waals surface area contributed by atoms with Crippen LogP contribution >= 0.6 is 0 Å². The van der Waals surface area contributed by atoms with Crippen molar-refractivity contribution >= 4 is 23.6 Å². The number of unbranched alkanes of at least 4 members (excludes halogenated alkanes) is 1. The zero-order valence-corrected chi connectivity index (χ0v) is 18.7. The summed E-state index contributed by atoms with van der Waals surface area (Å²) < 4.78 is 5.29. The van der Waals surface area contributed by atoms with Crippen molar-refractivity contribution in [3.05, 3.63) is 77.0 Å². The summed E-state index contributed by atoms with van der Waals surface area (Å²) in [5.41, 5.74) is 2.93. The molecule has 0 spiro atoms. The Morgan fingerprint density at radius 2 is 1.75 bits per heavy atom. The van der Waals surface area contributed by atoms with E-state index in [0.29, 0.717) is 29.1 Å². The average Bonchev–Trinajstić information content (AvgIpc) is 2.79. The van der Waals surface area contributed by atoms with Gasteiger partial charge >= 0.3 is 12.0 Å². The lowest BCUT2D eigenvalue weighted by molar-refractivity contribution is -0.139. The van der Waals surface area contributed by atoms with Crippen molar-refractivity contribution < 1.29 is 19.1 Å². The van der Waals surface area contributed by atoms with Crippen LogP contribution in [0.1, 0.15) is 55.6 Å². The summed E-state index contributed by atoms with van der Waals surface area (Å²) >= 11 is 0. The van der Waals surface area contributed by atoms with Crippen LogP contribution in [0.3, 0.4) is 0 Å². The highest BCUT2D eigenvalue weighted by Crippen LogP contribution is 2.32. The maximum atomic E-state index is 12.8. The number of benzene rings is 2. The lowest BCUT2D eigenvalue weighted by Crippen LogP contribution is -2.48. The monoisotopic (exact) mass is 435 g/mol. The molecule has 0 radical (unpaired) electrons. The maximum Gasteiger partial charge on any atom is 0.338 e. The molecule has 1 aliphatic heterocycles. The Kier molecular flexibility index (Phi) is 7.65. The number of amides is 3. The zero-order chi connectivity index (χ0) is 23.1. The van der Waals surface area contributed by atoms with E-state index < -0.39 is 12.0 Å². The smallest absolute Gasteiger partial charge is 0.338 e. The lowest BCUT2D eigenvalue weighted by Gasteiger charge is -2.35. The van der Waals surface area contributed by atoms with E-state index in [2.05, 4.69) is 10.6 Å². The molecule has 0 bridgehead atoms. The molecule has 3 rings (SSSR count). The Labute approximate surface area is 188 Å². The minimum Gasteiger partial charge on any atom is -0.463 e. The predicted molar refractivity (Wildman–Crippen MR) is 123 cm³/mol. The number of esters is 1. The normalized spacial score (nSPS) is 15.9. The molecular weight excluding hydrogens is 406 g/mol. The first kappa shape index (κ1) is 23.1. The summed E-state index contributed by atoms with van der Waals surface area (Å²) in [6.07, 6.45) is 1.77. The average molecular weight is 436 g/mol. The van der Waals surface area contributed by atoms with Gasteiger partial charge in [0.1, 0.15) is 0 Å². The van der Waals surface area contributed by atoms with Gasteiger partial charge < -0.3 is 15.4 Å². The SMILES string of the molecule is CCCCN1C(=O)NC(c2ccc(NC(=O)c3ccccc3)cc2)C(C(=O)OCC)=C1C. The number of ether oxygens (including phenoxy) is 1. The Balaban J connectivity index is 1.86. The van der Waals surface area contributed by atoms with Crippen molar-refractivity contribution in [1.82, 2.24) is 10.2 Å². The molecule has 3 amide bonds. The fourth-order valence-corrected chi connectivity index (χ4v) is 3.64. The first-order chi connectivity index (χ1) is 15.5. The van der Waals surface area contributed by atoms with E-state index in [-0.39, 0.29) is 18.5 Å². The van der Waals surface area contributed by atoms with Gasteiger partial charge in [-0.25, -0.2) is 9.59 Å². The zero-order valence-electron chi connectivity index (χ0n) is 18.7. The van der Waals surface area contributed by atoms with Crippen molar-refractivity contribution in [3.63, 3.8) is 0 Å². The van der Waals surface area contributed by atoms with Crippen LogP contribution in [0.4, 0.5) is 10.5 Å². The topological polar surface area (TPSA) is 87.7 Å². The summed E-state index contributed by atoms with van der Waals surface area (Å²) in [6.45, 7) is 6.36. The molecule has 7 nitrogen and oxygen atoms in total. The number of carbonyl (C=O) groups is 3. The Morgan fingerprint density at radius 1 is 1.06 bits per heavy atom. The highest BCUT2D eigenvalue weighted by Gasteiger charge is 2.36. The van der Waals surface area contributed by atoms with Gasteiger partial charge in [0.15, 0.2) is 0 Å². The first-order valence-corrected chi connectivity index (χ1v) is 10.9. The molecule has 32 heavy (non-hydrogen) atoms. The maximum absolute atomic E-state index is 12.8. The Morgan fingerprint density at radius 3 is 2.38 bits per heavy atom. The van der Waals surface area contributed by atoms with Gasteiger partial charge in [0.2, 0.25) is 0 Å². The minimum absolute atomic E-state index is 0.209. The third kappa shape index (κ3) is 5.17. The number of allylic oxidation sites excluding steroid dienone is 1. The summed E-state index contributed by atoms with van der Waals surface area (Å²) in [6, 6.07) is 15.2. The third-order valence-electron chi connectivity index (χ3n) is 5.36. The van der Waals surface area contributed by atoms with E-state index in [0.717, 1.165) is 18.4 Å². The molecule has 2 N–H and O–H groups in total. The molecule has 2 aromatic carbocycles. The lowest BCUT2D eigenvalue weighted by atomic mass is 9.94. The highest BCUT2D eigenvalue weighted by atomic mass is 16.5. The summed E-state index contributed by atoms with van der Waals surface area (Å²) in [4.78, 5) is 39.5. The van der Waals surface area contributed by atoms with E-state index >= 15 is 0 Å². The quantitative estimate of drug-likeness (QED) is 0.591. The van der Waals surface area contributed by atoms with Crippen LogP contribution in [0.25, 0.3) is 0 Å². The van der Waals surface area contributed by atoms with Crippen LogP contribution in [-0.2, 0) is 9.53 Å². The van der Waals surface area contributed by atoms with Crippen LogP contribution in [0.15, 0.2) is 65.9 Å². The fraction of sp³-hybridized carbons (Fsp3) is 0.320. The van der Waals surface area contributed by atoms with Crippen LogP contribution in [-0.4, -0.2) is 36.0 Å². The van der Waals surface area contributed by atoms with E-state index in [1.165, 1.54) is 0 Å². The van der Waals surface area contributed by atoms with Crippen molar-refractivity contribution in [1.29, 1.82) is 0 Å². The molecule has 0 aromatic heterocycles. The number of nitrogens with one attached hydrogen (secondary N) is 2. The predicted octanol–water partition coefficient (Wildman–Crippen LogP) is 4.64. The van der Waals surface area contributed by atoms with Crippen LogP contribution in [0.5, 0.6) is 0 Å². The second-order valence-corrected chi connectivity index (χ2v) is 7.55. The number of rotatable bonds is 8. The van der Waals surface area contributed by atoms with Crippen LogP contribution < -0.4 is 10.6 Å². The fourth-order valence-electron chi connectivity index (χ4n) is 3.64. The number of hydrogen-bond acceptors (Lipinski definition) is 4. The van der Waals surface area contributed by atoms with Gasteiger partial charge in [0.05, 0.1) is 18.2 Å². The molecule has 2 aromatic rings. The number of nitrogens with zero attached hydrogens (tertiary/aromatic N) is 1. The van der Waals surface area contributed by atoms with Crippen molar-refractivity contribution in [2.45, 2.75) is 39.7 Å². The van der Waals surface area contributed by atoms with Gasteiger partial charge in [0.25, 0.3) is 5.91 Å². The van der Waals surface area contributed by atoms with E-state index in [1.54, 1.807) is 67.3 Å². The molecule has 0 aliphatic carbocycles. The first-order valence-electron chi connectivity index (χ1n) is 10.9. The molecular formula is C25H29N3O4. The number of hydrogen-bond donors (Lipinski definition) is 2. The number of urea groups is 1. The largest absolute Gasteiger partial charge is 0.463 e. The molecule has 0 saturated heterocycles. The van der Waals surface area contributed by atoms with E-state index in [1.807, 2.05) is 13.0 Å². The molecule has 1 aliphatic rings. The van der Waals surface area contributed by atoms with Crippen molar-refractivity contribution in [3.8, 4) is 0 Å². The van der Waals surface area contributed by atoms with Gasteiger partial charge in [-0.15, -0.1) is 0 Å². The molecule has 1 unspecified atom stereocenters. The van der Waals surface area contributed by atoms with Crippen molar-refractivity contribution in [2.24, 2.45) is 0 Å². The molecule has 1 heterocycles. The van der Waals surface area contributed by atoms with Gasteiger partial charge in [-0.2, -0.15) is 0 Å². The molecule has 168 valence electrons. The van der Waals surface area contributed by atoms with Gasteiger partial charge in [0, 0.05) is 23.5 Å². The summed E-state index contributed by atoms with van der Waals surface area (Å²) in [7, 11) is 0. The summed E-state index contributed by atoms with van der Waals surface area (Å²) in [5, 5.41) is 5.79. The summed E-state index contributed by atoms with van der Waals surface area (Å²) in [5.74, 6) is -0.656. The van der Waals surface area contributed by atoms with E-state index in [9.17, 15) is 14.4 Å². The molecule has 0 saturated carbocycles. The Bertz CT molecular complexity index is 1000. The molecule has 0 fully saturated rings. The number of carbonyl (C=O) groups excluding carboxylic acids is 3. The van der Waals surface area contributed by atoms with Crippen LogP contribution in [0, 0.1) is 0 Å². The van der Waals surface area contributed by atoms with Gasteiger partial charge in [-0.3, -0.25) is 9.69 Å². The third-order valence-corrected chi connectivity index (χ3v) is 5.36. The van der Waals surface area contributed by atoms with E-state index in [4.69, 9.17) is 4.74 Å². The molecule has 1 atom stereocenters. The van der Waals surface area contributed by atoms with Gasteiger partial charge in [-0.05, 0) is 50.1 Å². The highest BCUT2D eigenvalue weighted by molar-refractivity contribution is 6.04. The van der Waals surface area contributed by atoms with Crippen LogP contribution in [0.2, 0.25) is 0 Å². The Hall–Kier alpha value is -3.61. The van der Waals surface area contributed by atoms with Gasteiger partial charge in [-0.1, -0.05) is 43.7 Å². The van der Waals surface area contributed by atoms with Crippen molar-refractivity contribution in [2.75, 3.05) is 18.5 Å². The minimum atomic E-state index is -0.627. The molecule has 7 heteroatoms. The number of anilines is 1. The second kappa shape index (κ2) is 10.6. The standard InChI is InChI=1S/C25H29N3O4/c1-4-6-16-28-17(3)21(24(30)32-5-2)22(27-25(28)31)18-12-14-20(15-13-18)26-23(29)19-10-8-7-9-11-19/h7-15,22H,4-6,16H2,1-3H3,(H,26,29)(H,27,31).